The van der Waals surface area contributed by atoms with Gasteiger partial charge in [0.05, 0.1) is 11.9 Å². The smallest absolute Gasteiger partial charge is 0.0553 e. The van der Waals surface area contributed by atoms with Crippen molar-refractivity contribution in [2.24, 2.45) is 0 Å². The van der Waals surface area contributed by atoms with Crippen LogP contribution in [0.4, 0.5) is 5.69 Å². The number of aromatic nitrogens is 1. The van der Waals surface area contributed by atoms with Crippen molar-refractivity contribution in [1.82, 2.24) is 4.98 Å². The fourth-order valence-corrected chi connectivity index (χ4v) is 1.58. The van der Waals surface area contributed by atoms with Crippen molar-refractivity contribution < 1.29 is 0 Å². The first kappa shape index (κ1) is 10.7. The zero-order valence-corrected chi connectivity index (χ0v) is 9.94. The molecule has 0 spiro atoms. The number of pyridine rings is 1. The van der Waals surface area contributed by atoms with E-state index in [0.29, 0.717) is 0 Å². The van der Waals surface area contributed by atoms with Crippen LogP contribution in [0.5, 0.6) is 0 Å². The van der Waals surface area contributed by atoms with Crippen molar-refractivity contribution in [3.05, 3.63) is 48.3 Å². The maximum absolute atomic E-state index is 4.26. The molecule has 82 valence electrons. The van der Waals surface area contributed by atoms with Crippen LogP contribution >= 0.6 is 0 Å². The Kier molecular flexibility index (Phi) is 2.91. The molecule has 0 aliphatic carbocycles. The molecule has 0 saturated carbocycles. The number of nitrogens with zero attached hydrogens (tertiary/aromatic N) is 2. The standard InChI is InChI=1S/C14H16N2/c1-11-4-6-12(7-5-11)13-8-14(16(2)3)10-15-9-13/h4-10H,1-3H3. The van der Waals surface area contributed by atoms with Gasteiger partial charge in [-0.05, 0) is 18.6 Å². The van der Waals surface area contributed by atoms with Crippen LogP contribution in [-0.2, 0) is 0 Å². The topological polar surface area (TPSA) is 16.1 Å². The van der Waals surface area contributed by atoms with E-state index in [-0.39, 0.29) is 0 Å². The Labute approximate surface area is 96.6 Å². The summed E-state index contributed by atoms with van der Waals surface area (Å²) in [6.45, 7) is 2.10. The largest absolute Gasteiger partial charge is 0.376 e. The Hall–Kier alpha value is -1.83. The Bertz CT molecular complexity index is 472. The van der Waals surface area contributed by atoms with Crippen LogP contribution in [0, 0.1) is 6.92 Å². The van der Waals surface area contributed by atoms with E-state index < -0.39 is 0 Å². The van der Waals surface area contributed by atoms with Gasteiger partial charge < -0.3 is 4.90 Å². The van der Waals surface area contributed by atoms with Crippen LogP contribution < -0.4 is 4.90 Å². The van der Waals surface area contributed by atoms with E-state index in [1.165, 1.54) is 11.1 Å². The SMILES string of the molecule is Cc1ccc(-c2cncc(N(C)C)c2)cc1. The maximum Gasteiger partial charge on any atom is 0.0553 e. The van der Waals surface area contributed by atoms with Crippen LogP contribution in [-0.4, -0.2) is 19.1 Å². The van der Waals surface area contributed by atoms with Gasteiger partial charge in [0.15, 0.2) is 0 Å². The lowest BCUT2D eigenvalue weighted by atomic mass is 10.1. The first-order chi connectivity index (χ1) is 7.66. The Morgan fingerprint density at radius 3 is 2.25 bits per heavy atom. The number of hydrogen-bond acceptors (Lipinski definition) is 2. The minimum absolute atomic E-state index is 1.12. The van der Waals surface area contributed by atoms with Crippen molar-refractivity contribution in [3.63, 3.8) is 0 Å². The van der Waals surface area contributed by atoms with Crippen LogP contribution in [0.1, 0.15) is 5.56 Å². The number of aryl methyl sites for hydroxylation is 1. The first-order valence-corrected chi connectivity index (χ1v) is 5.36. The highest BCUT2D eigenvalue weighted by Crippen LogP contribution is 2.22. The number of rotatable bonds is 2. The molecule has 2 nitrogen and oxygen atoms in total. The summed E-state index contributed by atoms with van der Waals surface area (Å²) in [6, 6.07) is 10.7. The van der Waals surface area contributed by atoms with E-state index in [9.17, 15) is 0 Å². The second-order valence-corrected chi connectivity index (χ2v) is 4.19. The molecule has 0 unspecified atom stereocenters. The normalized spacial score (nSPS) is 10.2. The molecule has 1 heterocycles. The molecule has 0 fully saturated rings. The van der Waals surface area contributed by atoms with Gasteiger partial charge in [0, 0.05) is 25.9 Å². The summed E-state index contributed by atoms with van der Waals surface area (Å²) in [6.07, 6.45) is 3.77. The van der Waals surface area contributed by atoms with Crippen molar-refractivity contribution in [2.45, 2.75) is 6.92 Å². The molecule has 0 bridgehead atoms. The predicted molar refractivity (Wildman–Crippen MR) is 68.7 cm³/mol. The molecule has 16 heavy (non-hydrogen) atoms. The second-order valence-electron chi connectivity index (χ2n) is 4.19. The summed E-state index contributed by atoms with van der Waals surface area (Å²) in [5.41, 5.74) is 4.77. The minimum atomic E-state index is 1.12. The van der Waals surface area contributed by atoms with Gasteiger partial charge in [-0.2, -0.15) is 0 Å². The quantitative estimate of drug-likeness (QED) is 0.760. The van der Waals surface area contributed by atoms with Crippen molar-refractivity contribution in [1.29, 1.82) is 0 Å². The summed E-state index contributed by atoms with van der Waals surface area (Å²) in [5, 5.41) is 0. The van der Waals surface area contributed by atoms with Gasteiger partial charge in [-0.1, -0.05) is 29.8 Å². The van der Waals surface area contributed by atoms with E-state index in [0.717, 1.165) is 11.3 Å². The van der Waals surface area contributed by atoms with Crippen LogP contribution in [0.2, 0.25) is 0 Å². The predicted octanol–water partition coefficient (Wildman–Crippen LogP) is 3.12. The molecule has 0 N–H and O–H groups in total. The monoisotopic (exact) mass is 212 g/mol. The maximum atomic E-state index is 4.26. The van der Waals surface area contributed by atoms with Crippen molar-refractivity contribution in [3.8, 4) is 11.1 Å². The number of anilines is 1. The summed E-state index contributed by atoms with van der Waals surface area (Å²) in [5.74, 6) is 0. The fourth-order valence-electron chi connectivity index (χ4n) is 1.58. The number of hydrogen-bond donors (Lipinski definition) is 0. The Morgan fingerprint density at radius 2 is 1.62 bits per heavy atom. The molecule has 0 aliphatic rings. The van der Waals surface area contributed by atoms with Crippen molar-refractivity contribution >= 4 is 5.69 Å². The van der Waals surface area contributed by atoms with Gasteiger partial charge in [-0.15, -0.1) is 0 Å². The van der Waals surface area contributed by atoms with Crippen LogP contribution in [0.3, 0.4) is 0 Å². The molecule has 2 rings (SSSR count). The van der Waals surface area contributed by atoms with Gasteiger partial charge in [0.1, 0.15) is 0 Å². The van der Waals surface area contributed by atoms with E-state index in [4.69, 9.17) is 0 Å². The zero-order valence-electron chi connectivity index (χ0n) is 9.94. The molecule has 0 amide bonds. The van der Waals surface area contributed by atoms with Crippen LogP contribution in [0.25, 0.3) is 11.1 Å². The lowest BCUT2D eigenvalue weighted by molar-refractivity contribution is 1.11. The minimum Gasteiger partial charge on any atom is -0.376 e. The second kappa shape index (κ2) is 4.35. The fraction of sp³-hybridized carbons (Fsp3) is 0.214. The molecule has 2 aromatic rings. The van der Waals surface area contributed by atoms with Gasteiger partial charge in [-0.25, -0.2) is 0 Å². The summed E-state index contributed by atoms with van der Waals surface area (Å²) in [4.78, 5) is 6.32. The summed E-state index contributed by atoms with van der Waals surface area (Å²) < 4.78 is 0. The first-order valence-electron chi connectivity index (χ1n) is 5.36. The van der Waals surface area contributed by atoms with Gasteiger partial charge in [0.25, 0.3) is 0 Å². The molecular formula is C14H16N2. The summed E-state index contributed by atoms with van der Waals surface area (Å²) >= 11 is 0. The third kappa shape index (κ3) is 2.22. The third-order valence-electron chi connectivity index (χ3n) is 2.63. The van der Waals surface area contributed by atoms with E-state index >= 15 is 0 Å². The molecule has 1 aromatic carbocycles. The third-order valence-corrected chi connectivity index (χ3v) is 2.63. The molecule has 2 heteroatoms. The highest BCUT2D eigenvalue weighted by atomic mass is 15.1. The molecule has 0 radical (unpaired) electrons. The lowest BCUT2D eigenvalue weighted by Crippen LogP contribution is -2.08. The molecular weight excluding hydrogens is 196 g/mol. The summed E-state index contributed by atoms with van der Waals surface area (Å²) in [7, 11) is 4.05. The average Bonchev–Trinajstić information content (AvgIpc) is 2.30. The highest BCUT2D eigenvalue weighted by Gasteiger charge is 2.00. The van der Waals surface area contributed by atoms with Crippen molar-refractivity contribution in [2.75, 3.05) is 19.0 Å². The van der Waals surface area contributed by atoms with E-state index in [1.54, 1.807) is 0 Å². The lowest BCUT2D eigenvalue weighted by Gasteiger charge is -2.12. The average molecular weight is 212 g/mol. The zero-order chi connectivity index (χ0) is 11.5. The molecule has 0 saturated heterocycles. The number of benzene rings is 1. The molecule has 0 atom stereocenters. The Balaban J connectivity index is 2.40. The van der Waals surface area contributed by atoms with Gasteiger partial charge in [-0.3, -0.25) is 4.98 Å². The Morgan fingerprint density at radius 1 is 0.938 bits per heavy atom. The molecule has 0 aliphatic heterocycles. The molecule has 1 aromatic heterocycles. The van der Waals surface area contributed by atoms with E-state index in [1.807, 2.05) is 26.5 Å². The van der Waals surface area contributed by atoms with E-state index in [2.05, 4.69) is 47.1 Å². The van der Waals surface area contributed by atoms with Gasteiger partial charge in [0.2, 0.25) is 0 Å². The highest BCUT2D eigenvalue weighted by molar-refractivity contribution is 5.67. The van der Waals surface area contributed by atoms with Gasteiger partial charge >= 0.3 is 0 Å². The van der Waals surface area contributed by atoms with Crippen LogP contribution in [0.15, 0.2) is 42.7 Å².